The molecule has 33 heavy (non-hydrogen) atoms. The van der Waals surface area contributed by atoms with Crippen LogP contribution in [0.5, 0.6) is 0 Å². The van der Waals surface area contributed by atoms with Gasteiger partial charge in [0.05, 0.1) is 6.54 Å². The molecule has 8 heteroatoms. The van der Waals surface area contributed by atoms with Crippen LogP contribution in [0, 0.1) is 6.92 Å². The molecule has 0 fully saturated rings. The normalized spacial score (nSPS) is 11.8. The molecule has 4 aromatic rings. The van der Waals surface area contributed by atoms with Crippen LogP contribution in [-0.2, 0) is 18.5 Å². The molecule has 0 saturated carbocycles. The summed E-state index contributed by atoms with van der Waals surface area (Å²) in [4.78, 5) is 17.7. The average Bonchev–Trinajstić information content (AvgIpc) is 3.40. The number of tetrazole rings is 1. The molecule has 0 radical (unpaired) electrons. The Bertz CT molecular complexity index is 1280. The van der Waals surface area contributed by atoms with E-state index < -0.39 is 0 Å². The zero-order chi connectivity index (χ0) is 23.6. The predicted molar refractivity (Wildman–Crippen MR) is 129 cm³/mol. The SMILES string of the molecule is CCCCc1c(C)n(C(C)(C)C)c(=O)n1Cc1ccc(-c2cnccc2-c2nnn[nH]2)cc1. The molecule has 0 atom stereocenters. The van der Waals surface area contributed by atoms with Gasteiger partial charge in [0.1, 0.15) is 0 Å². The van der Waals surface area contributed by atoms with Crippen molar-refractivity contribution in [3.63, 3.8) is 0 Å². The van der Waals surface area contributed by atoms with Crippen molar-refractivity contribution < 1.29 is 0 Å². The van der Waals surface area contributed by atoms with Crippen molar-refractivity contribution in [3.8, 4) is 22.5 Å². The van der Waals surface area contributed by atoms with Gasteiger partial charge in [-0.15, -0.1) is 5.10 Å². The summed E-state index contributed by atoms with van der Waals surface area (Å²) in [6.45, 7) is 11.0. The zero-order valence-electron chi connectivity index (χ0n) is 20.0. The third-order valence-electron chi connectivity index (χ3n) is 5.97. The summed E-state index contributed by atoms with van der Waals surface area (Å²) in [6, 6.07) is 10.2. The predicted octanol–water partition coefficient (Wildman–Crippen LogP) is 4.35. The number of rotatable bonds is 7. The first-order valence-corrected chi connectivity index (χ1v) is 11.4. The van der Waals surface area contributed by atoms with Crippen LogP contribution in [-0.4, -0.2) is 34.7 Å². The number of imidazole rings is 1. The first-order valence-electron chi connectivity index (χ1n) is 11.4. The molecule has 0 bridgehead atoms. The van der Waals surface area contributed by atoms with E-state index in [0.29, 0.717) is 12.4 Å². The minimum Gasteiger partial charge on any atom is -0.292 e. The van der Waals surface area contributed by atoms with Crippen molar-refractivity contribution in [2.75, 3.05) is 0 Å². The van der Waals surface area contributed by atoms with Gasteiger partial charge in [-0.2, -0.15) is 0 Å². The number of benzene rings is 1. The number of aromatic nitrogens is 7. The molecule has 4 rings (SSSR count). The minimum atomic E-state index is -0.260. The van der Waals surface area contributed by atoms with E-state index in [1.165, 1.54) is 0 Å². The standard InChI is InChI=1S/C25H31N7O/c1-6-7-8-22-17(2)32(25(3,4)5)24(33)31(22)16-18-9-11-19(12-10-18)21-15-26-14-13-20(21)23-27-29-30-28-23/h9-15H,6-8,16H2,1-5H3,(H,27,28,29,30). The van der Waals surface area contributed by atoms with Crippen LogP contribution < -0.4 is 5.69 Å². The number of H-pyrrole nitrogens is 1. The largest absolute Gasteiger partial charge is 0.329 e. The van der Waals surface area contributed by atoms with Crippen LogP contribution in [0.15, 0.2) is 47.5 Å². The molecule has 172 valence electrons. The molecular weight excluding hydrogens is 414 g/mol. The highest BCUT2D eigenvalue weighted by atomic mass is 16.2. The lowest BCUT2D eigenvalue weighted by atomic mass is 10.0. The van der Waals surface area contributed by atoms with Crippen molar-refractivity contribution in [3.05, 3.63) is 70.2 Å². The van der Waals surface area contributed by atoms with Crippen LogP contribution >= 0.6 is 0 Å². The van der Waals surface area contributed by atoms with Crippen LogP contribution in [0.4, 0.5) is 0 Å². The summed E-state index contributed by atoms with van der Waals surface area (Å²) >= 11 is 0. The van der Waals surface area contributed by atoms with E-state index in [1.54, 1.807) is 6.20 Å². The fourth-order valence-electron chi connectivity index (χ4n) is 4.39. The maximum Gasteiger partial charge on any atom is 0.329 e. The van der Waals surface area contributed by atoms with E-state index in [2.05, 4.69) is 84.5 Å². The minimum absolute atomic E-state index is 0.0579. The fraction of sp³-hybridized carbons (Fsp3) is 0.400. The van der Waals surface area contributed by atoms with Crippen molar-refractivity contribution in [1.29, 1.82) is 0 Å². The first kappa shape index (κ1) is 22.6. The first-order chi connectivity index (χ1) is 15.8. The molecule has 0 aliphatic heterocycles. The number of unbranched alkanes of at least 4 members (excludes halogenated alkanes) is 1. The molecule has 8 nitrogen and oxygen atoms in total. The molecule has 1 N–H and O–H groups in total. The smallest absolute Gasteiger partial charge is 0.292 e. The van der Waals surface area contributed by atoms with Crippen molar-refractivity contribution >= 4 is 0 Å². The van der Waals surface area contributed by atoms with Crippen LogP contribution in [0.2, 0.25) is 0 Å². The lowest BCUT2D eigenvalue weighted by Crippen LogP contribution is -2.35. The summed E-state index contributed by atoms with van der Waals surface area (Å²) in [7, 11) is 0. The van der Waals surface area contributed by atoms with Crippen molar-refractivity contribution in [2.45, 2.75) is 66.0 Å². The maximum atomic E-state index is 13.4. The van der Waals surface area contributed by atoms with Gasteiger partial charge >= 0.3 is 5.69 Å². The summed E-state index contributed by atoms with van der Waals surface area (Å²) in [5.41, 5.74) is 5.92. The number of pyridine rings is 1. The molecule has 1 aromatic carbocycles. The number of hydrogen-bond donors (Lipinski definition) is 1. The van der Waals surface area contributed by atoms with Gasteiger partial charge in [-0.25, -0.2) is 9.89 Å². The second-order valence-electron chi connectivity index (χ2n) is 9.38. The zero-order valence-corrected chi connectivity index (χ0v) is 20.0. The van der Waals surface area contributed by atoms with Crippen molar-refractivity contribution in [2.24, 2.45) is 0 Å². The van der Waals surface area contributed by atoms with E-state index in [-0.39, 0.29) is 11.2 Å². The Balaban J connectivity index is 1.68. The molecule has 0 spiro atoms. The summed E-state index contributed by atoms with van der Waals surface area (Å²) in [6.07, 6.45) is 6.60. The molecule has 0 amide bonds. The topological polar surface area (TPSA) is 94.3 Å². The Labute approximate surface area is 193 Å². The Morgan fingerprint density at radius 1 is 1.06 bits per heavy atom. The molecular formula is C25H31N7O. The Morgan fingerprint density at radius 3 is 2.45 bits per heavy atom. The third-order valence-corrected chi connectivity index (χ3v) is 5.97. The third kappa shape index (κ3) is 4.51. The molecule has 0 aliphatic rings. The Kier molecular flexibility index (Phi) is 6.26. The average molecular weight is 446 g/mol. The monoisotopic (exact) mass is 445 g/mol. The van der Waals surface area contributed by atoms with Gasteiger partial charge in [0, 0.05) is 40.4 Å². The van der Waals surface area contributed by atoms with Gasteiger partial charge in [-0.05, 0) is 68.2 Å². The lowest BCUT2D eigenvalue weighted by Gasteiger charge is -2.21. The number of nitrogens with one attached hydrogen (secondary N) is 1. The maximum absolute atomic E-state index is 13.4. The van der Waals surface area contributed by atoms with Gasteiger partial charge < -0.3 is 0 Å². The molecule has 0 unspecified atom stereocenters. The van der Waals surface area contributed by atoms with E-state index in [1.807, 2.05) is 21.4 Å². The van der Waals surface area contributed by atoms with Gasteiger partial charge in [-0.3, -0.25) is 14.1 Å². The van der Waals surface area contributed by atoms with Gasteiger partial charge in [0.2, 0.25) is 0 Å². The highest BCUT2D eigenvalue weighted by Crippen LogP contribution is 2.29. The quantitative estimate of drug-likeness (QED) is 0.456. The van der Waals surface area contributed by atoms with E-state index >= 15 is 0 Å². The highest BCUT2D eigenvalue weighted by Gasteiger charge is 2.24. The Morgan fingerprint density at radius 2 is 1.82 bits per heavy atom. The number of nitrogens with zero attached hydrogens (tertiary/aromatic N) is 6. The summed E-state index contributed by atoms with van der Waals surface area (Å²) in [5, 5.41) is 14.2. The van der Waals surface area contributed by atoms with E-state index in [9.17, 15) is 4.79 Å². The van der Waals surface area contributed by atoms with E-state index in [0.717, 1.165) is 52.9 Å². The molecule has 3 aromatic heterocycles. The van der Waals surface area contributed by atoms with Crippen LogP contribution in [0.3, 0.4) is 0 Å². The second-order valence-corrected chi connectivity index (χ2v) is 9.38. The highest BCUT2D eigenvalue weighted by molar-refractivity contribution is 5.79. The van der Waals surface area contributed by atoms with Gasteiger partial charge in [-0.1, -0.05) is 37.6 Å². The number of aromatic amines is 1. The van der Waals surface area contributed by atoms with Crippen molar-refractivity contribution in [1.82, 2.24) is 34.7 Å². The molecule has 0 saturated heterocycles. The van der Waals surface area contributed by atoms with Gasteiger partial charge in [0.25, 0.3) is 0 Å². The van der Waals surface area contributed by atoms with E-state index in [4.69, 9.17) is 0 Å². The van der Waals surface area contributed by atoms with Crippen LogP contribution in [0.25, 0.3) is 22.5 Å². The molecule has 0 aliphatic carbocycles. The number of hydrogen-bond acceptors (Lipinski definition) is 5. The summed E-state index contributed by atoms with van der Waals surface area (Å²) in [5.74, 6) is 0.600. The molecule has 3 heterocycles. The van der Waals surface area contributed by atoms with Gasteiger partial charge in [0.15, 0.2) is 5.82 Å². The lowest BCUT2D eigenvalue weighted by molar-refractivity contribution is 0.373. The Hall–Kier alpha value is -3.55. The van der Waals surface area contributed by atoms with Crippen LogP contribution in [0.1, 0.15) is 57.5 Å². The summed E-state index contributed by atoms with van der Waals surface area (Å²) < 4.78 is 3.88. The second kappa shape index (κ2) is 9.13. The fourth-order valence-corrected chi connectivity index (χ4v) is 4.39.